The molecule has 1 aliphatic carbocycles. The number of nitrogens with one attached hydrogen (secondary N) is 1. The van der Waals surface area contributed by atoms with Crippen molar-refractivity contribution in [2.75, 3.05) is 18.4 Å². The highest BCUT2D eigenvalue weighted by Crippen LogP contribution is 2.29. The Balaban J connectivity index is 1.23. The minimum absolute atomic E-state index is 0.446. The van der Waals surface area contributed by atoms with E-state index in [0.29, 0.717) is 6.04 Å². The fraction of sp³-hybridized carbons (Fsp3) is 0.393. The van der Waals surface area contributed by atoms with E-state index >= 15 is 0 Å². The molecule has 1 saturated heterocycles. The van der Waals surface area contributed by atoms with Gasteiger partial charge in [0.25, 0.3) is 0 Å². The van der Waals surface area contributed by atoms with Crippen molar-refractivity contribution >= 4 is 11.6 Å². The lowest BCUT2D eigenvalue weighted by Gasteiger charge is -2.34. The molecule has 0 radical (unpaired) electrons. The Morgan fingerprint density at radius 3 is 2.44 bits per heavy atom. The SMILES string of the molecule is Cc1cnc(N[C@H]2CC[C@H](N3CCCC3)CC2)nc1-c1cnc2ccc(-c3ccccc3)cn12. The van der Waals surface area contributed by atoms with Crippen LogP contribution in [0.1, 0.15) is 44.1 Å². The van der Waals surface area contributed by atoms with Crippen LogP contribution in [0.4, 0.5) is 5.95 Å². The maximum absolute atomic E-state index is 4.96. The van der Waals surface area contributed by atoms with E-state index in [1.807, 2.05) is 18.5 Å². The zero-order chi connectivity index (χ0) is 22.9. The van der Waals surface area contributed by atoms with Crippen molar-refractivity contribution < 1.29 is 0 Å². The van der Waals surface area contributed by atoms with Crippen molar-refractivity contribution in [3.05, 3.63) is 66.6 Å². The third-order valence-electron chi connectivity index (χ3n) is 7.51. The van der Waals surface area contributed by atoms with E-state index in [9.17, 15) is 0 Å². The fourth-order valence-corrected chi connectivity index (χ4v) is 5.60. The maximum Gasteiger partial charge on any atom is 0.223 e. The number of rotatable bonds is 5. The first-order chi connectivity index (χ1) is 16.7. The lowest BCUT2D eigenvalue weighted by atomic mass is 9.90. The van der Waals surface area contributed by atoms with E-state index in [-0.39, 0.29) is 0 Å². The van der Waals surface area contributed by atoms with Gasteiger partial charge in [0.05, 0.1) is 17.6 Å². The van der Waals surface area contributed by atoms with E-state index in [1.165, 1.54) is 57.2 Å². The zero-order valence-corrected chi connectivity index (χ0v) is 19.8. The van der Waals surface area contributed by atoms with Crippen molar-refractivity contribution in [1.29, 1.82) is 0 Å². The topological polar surface area (TPSA) is 58.4 Å². The average Bonchev–Trinajstić information content (AvgIpc) is 3.56. The lowest BCUT2D eigenvalue weighted by molar-refractivity contribution is 0.186. The lowest BCUT2D eigenvalue weighted by Crippen LogP contribution is -2.39. The number of aryl methyl sites for hydroxylation is 1. The normalized spacial score (nSPS) is 21.2. The predicted octanol–water partition coefficient (Wildman–Crippen LogP) is 5.59. The molecule has 4 heterocycles. The van der Waals surface area contributed by atoms with Crippen LogP contribution in [0.2, 0.25) is 0 Å². The van der Waals surface area contributed by atoms with Gasteiger partial charge in [-0.05, 0) is 87.4 Å². The van der Waals surface area contributed by atoms with Gasteiger partial charge in [-0.2, -0.15) is 0 Å². The monoisotopic (exact) mass is 452 g/mol. The highest BCUT2D eigenvalue weighted by molar-refractivity contribution is 5.69. The molecule has 2 aliphatic rings. The highest BCUT2D eigenvalue weighted by Gasteiger charge is 2.27. The molecule has 174 valence electrons. The number of benzene rings is 1. The molecule has 0 amide bonds. The van der Waals surface area contributed by atoms with E-state index in [4.69, 9.17) is 4.98 Å². The summed E-state index contributed by atoms with van der Waals surface area (Å²) < 4.78 is 2.14. The van der Waals surface area contributed by atoms with Crippen molar-refractivity contribution in [3.8, 4) is 22.5 Å². The second-order valence-corrected chi connectivity index (χ2v) is 9.77. The smallest absolute Gasteiger partial charge is 0.223 e. The van der Waals surface area contributed by atoms with Crippen molar-refractivity contribution in [1.82, 2.24) is 24.3 Å². The Bertz CT molecular complexity index is 1270. The maximum atomic E-state index is 4.96. The number of anilines is 1. The fourth-order valence-electron chi connectivity index (χ4n) is 5.60. The summed E-state index contributed by atoms with van der Waals surface area (Å²) in [6, 6.07) is 15.9. The molecule has 0 bridgehead atoms. The van der Waals surface area contributed by atoms with Gasteiger partial charge in [-0.1, -0.05) is 30.3 Å². The van der Waals surface area contributed by atoms with E-state index in [2.05, 4.69) is 74.1 Å². The van der Waals surface area contributed by atoms with E-state index in [0.717, 1.165) is 40.2 Å². The molecule has 1 aliphatic heterocycles. The first-order valence-corrected chi connectivity index (χ1v) is 12.6. The second-order valence-electron chi connectivity index (χ2n) is 9.77. The highest BCUT2D eigenvalue weighted by atomic mass is 15.2. The molecule has 6 nitrogen and oxygen atoms in total. The third kappa shape index (κ3) is 4.18. The van der Waals surface area contributed by atoms with Gasteiger partial charge >= 0.3 is 0 Å². The minimum Gasteiger partial charge on any atom is -0.351 e. The van der Waals surface area contributed by atoms with Crippen molar-refractivity contribution in [2.24, 2.45) is 0 Å². The molecule has 4 aromatic rings. The number of imidazole rings is 1. The van der Waals surface area contributed by atoms with Gasteiger partial charge in [0.2, 0.25) is 5.95 Å². The summed E-state index contributed by atoms with van der Waals surface area (Å²) >= 11 is 0. The van der Waals surface area contributed by atoms with Gasteiger partial charge in [-0.3, -0.25) is 4.40 Å². The molecular formula is C28H32N6. The molecule has 1 aromatic carbocycles. The number of nitrogens with zero attached hydrogens (tertiary/aromatic N) is 5. The predicted molar refractivity (Wildman–Crippen MR) is 137 cm³/mol. The van der Waals surface area contributed by atoms with Gasteiger partial charge in [-0.25, -0.2) is 15.0 Å². The minimum atomic E-state index is 0.446. The van der Waals surface area contributed by atoms with Gasteiger partial charge in [0.15, 0.2) is 0 Å². The Labute approximate surface area is 201 Å². The van der Waals surface area contributed by atoms with Crippen molar-refractivity contribution in [3.63, 3.8) is 0 Å². The molecule has 1 saturated carbocycles. The molecule has 2 fully saturated rings. The molecule has 34 heavy (non-hydrogen) atoms. The standard InChI is InChI=1S/C28H32N6/c1-20-17-30-28(31-23-10-12-24(13-11-23)33-15-5-6-16-33)32-27(20)25-18-29-26-14-9-22(19-34(25)26)21-7-3-2-4-8-21/h2-4,7-9,14,17-19,23-24H,5-6,10-13,15-16H2,1H3,(H,30,31,32)/t23-,24-. The molecule has 6 heteroatoms. The summed E-state index contributed by atoms with van der Waals surface area (Å²) in [6.45, 7) is 4.65. The van der Waals surface area contributed by atoms with Crippen LogP contribution in [-0.4, -0.2) is 49.4 Å². The zero-order valence-electron chi connectivity index (χ0n) is 19.8. The molecule has 0 spiro atoms. The van der Waals surface area contributed by atoms with Crippen LogP contribution in [0.5, 0.6) is 0 Å². The van der Waals surface area contributed by atoms with Crippen LogP contribution in [-0.2, 0) is 0 Å². The van der Waals surface area contributed by atoms with E-state index in [1.54, 1.807) is 0 Å². The first kappa shape index (κ1) is 21.3. The molecule has 1 N–H and O–H groups in total. The summed E-state index contributed by atoms with van der Waals surface area (Å²) in [6.07, 6.45) is 13.7. The number of hydrogen-bond acceptors (Lipinski definition) is 5. The summed E-state index contributed by atoms with van der Waals surface area (Å²) in [7, 11) is 0. The second kappa shape index (κ2) is 9.18. The first-order valence-electron chi connectivity index (χ1n) is 12.6. The number of likely N-dealkylation sites (tertiary alicyclic amines) is 1. The van der Waals surface area contributed by atoms with Gasteiger partial charge in [0, 0.05) is 24.5 Å². The molecule has 0 atom stereocenters. The molecule has 0 unspecified atom stereocenters. The van der Waals surface area contributed by atoms with Crippen molar-refractivity contribution in [2.45, 2.75) is 57.5 Å². The summed E-state index contributed by atoms with van der Waals surface area (Å²) in [5.74, 6) is 0.722. The van der Waals surface area contributed by atoms with Crippen LogP contribution in [0.15, 0.2) is 61.1 Å². The Kier molecular flexibility index (Phi) is 5.75. The largest absolute Gasteiger partial charge is 0.351 e. The Morgan fingerprint density at radius 2 is 1.65 bits per heavy atom. The van der Waals surface area contributed by atoms with Crippen LogP contribution in [0.25, 0.3) is 28.2 Å². The van der Waals surface area contributed by atoms with Crippen LogP contribution >= 0.6 is 0 Å². The van der Waals surface area contributed by atoms with Crippen LogP contribution < -0.4 is 5.32 Å². The third-order valence-corrected chi connectivity index (χ3v) is 7.51. The van der Waals surface area contributed by atoms with Crippen LogP contribution in [0.3, 0.4) is 0 Å². The number of pyridine rings is 1. The van der Waals surface area contributed by atoms with Gasteiger partial charge in [0.1, 0.15) is 5.65 Å². The van der Waals surface area contributed by atoms with E-state index < -0.39 is 0 Å². The number of hydrogen-bond donors (Lipinski definition) is 1. The average molecular weight is 453 g/mol. The Hall–Kier alpha value is -3.25. The summed E-state index contributed by atoms with van der Waals surface area (Å²) in [4.78, 5) is 16.9. The van der Waals surface area contributed by atoms with Gasteiger partial charge in [-0.15, -0.1) is 0 Å². The summed E-state index contributed by atoms with van der Waals surface area (Å²) in [5.41, 5.74) is 6.24. The van der Waals surface area contributed by atoms with Gasteiger partial charge < -0.3 is 10.2 Å². The molecular weight excluding hydrogens is 420 g/mol. The Morgan fingerprint density at radius 1 is 0.853 bits per heavy atom. The van der Waals surface area contributed by atoms with Crippen LogP contribution in [0, 0.1) is 6.92 Å². The molecule has 3 aromatic heterocycles. The quantitative estimate of drug-likeness (QED) is 0.428. The summed E-state index contributed by atoms with van der Waals surface area (Å²) in [5, 5.41) is 3.64. The number of fused-ring (bicyclic) bond motifs is 1. The number of aromatic nitrogens is 4. The molecule has 6 rings (SSSR count).